The molecule has 4 heterocycles. The van der Waals surface area contributed by atoms with Crippen LogP contribution in [0.15, 0.2) is 49.2 Å². The van der Waals surface area contributed by atoms with E-state index in [0.29, 0.717) is 48.5 Å². The van der Waals surface area contributed by atoms with Crippen molar-refractivity contribution in [3.63, 3.8) is 0 Å². The molecule has 5 rings (SSSR count). The van der Waals surface area contributed by atoms with Gasteiger partial charge in [0.15, 0.2) is 11.5 Å². The Morgan fingerprint density at radius 3 is 2.77 bits per heavy atom. The molecule has 30 heavy (non-hydrogen) atoms. The number of anilines is 2. The van der Waals surface area contributed by atoms with Crippen molar-refractivity contribution in [3.8, 4) is 11.5 Å². The van der Waals surface area contributed by atoms with Crippen LogP contribution in [-0.4, -0.2) is 50.5 Å². The van der Waals surface area contributed by atoms with Crippen LogP contribution in [0.2, 0.25) is 0 Å². The third-order valence-electron chi connectivity index (χ3n) is 5.12. The lowest BCUT2D eigenvalue weighted by Crippen LogP contribution is -2.31. The van der Waals surface area contributed by atoms with Crippen molar-refractivity contribution in [1.29, 1.82) is 0 Å². The first-order valence-corrected chi connectivity index (χ1v) is 9.83. The first-order chi connectivity index (χ1) is 14.8. The molecule has 9 nitrogen and oxygen atoms in total. The fourth-order valence-corrected chi connectivity index (χ4v) is 3.76. The summed E-state index contributed by atoms with van der Waals surface area (Å²) in [6.45, 7) is 1.67. The SMILES string of the molecule is O=C(c1ccc2c(c1)OCCO2)N1CCC[C@H]1c1cncc(Nc2cnccn2)n1. The average Bonchev–Trinajstić information content (AvgIpc) is 3.29. The monoisotopic (exact) mass is 404 g/mol. The second-order valence-electron chi connectivity index (χ2n) is 7.06. The minimum absolute atomic E-state index is 0.0523. The van der Waals surface area contributed by atoms with E-state index in [1.165, 1.54) is 0 Å². The van der Waals surface area contributed by atoms with E-state index in [1.54, 1.807) is 49.2 Å². The number of fused-ring (bicyclic) bond motifs is 1. The molecule has 152 valence electrons. The molecule has 2 aliphatic rings. The van der Waals surface area contributed by atoms with E-state index in [2.05, 4.69) is 25.3 Å². The normalized spacial score (nSPS) is 17.6. The van der Waals surface area contributed by atoms with Crippen LogP contribution in [0, 0.1) is 0 Å². The van der Waals surface area contributed by atoms with Gasteiger partial charge in [-0.25, -0.2) is 9.97 Å². The van der Waals surface area contributed by atoms with Gasteiger partial charge in [-0.05, 0) is 31.0 Å². The number of nitrogens with zero attached hydrogens (tertiary/aromatic N) is 5. The molecule has 3 aromatic rings. The van der Waals surface area contributed by atoms with Crippen LogP contribution in [0.4, 0.5) is 11.6 Å². The second kappa shape index (κ2) is 7.94. The number of carbonyl (C=O) groups is 1. The van der Waals surface area contributed by atoms with Gasteiger partial charge in [0.25, 0.3) is 5.91 Å². The maximum Gasteiger partial charge on any atom is 0.254 e. The molecule has 1 amide bonds. The smallest absolute Gasteiger partial charge is 0.254 e. The van der Waals surface area contributed by atoms with Gasteiger partial charge in [0, 0.05) is 24.5 Å². The van der Waals surface area contributed by atoms with Crippen molar-refractivity contribution >= 4 is 17.5 Å². The summed E-state index contributed by atoms with van der Waals surface area (Å²) in [5, 5.41) is 3.10. The summed E-state index contributed by atoms with van der Waals surface area (Å²) in [6, 6.07) is 5.19. The van der Waals surface area contributed by atoms with Gasteiger partial charge in [0.1, 0.15) is 24.8 Å². The lowest BCUT2D eigenvalue weighted by atomic mass is 10.1. The van der Waals surface area contributed by atoms with E-state index in [4.69, 9.17) is 9.47 Å². The summed E-state index contributed by atoms with van der Waals surface area (Å²) in [7, 11) is 0. The number of hydrogen-bond donors (Lipinski definition) is 1. The highest BCUT2D eigenvalue weighted by Crippen LogP contribution is 2.35. The molecule has 1 atom stereocenters. The maximum atomic E-state index is 13.2. The van der Waals surface area contributed by atoms with Gasteiger partial charge in [0.05, 0.1) is 30.3 Å². The third kappa shape index (κ3) is 3.61. The van der Waals surface area contributed by atoms with Gasteiger partial charge in [0.2, 0.25) is 0 Å². The Balaban J connectivity index is 1.37. The minimum atomic E-state index is -0.137. The molecule has 0 aliphatic carbocycles. The summed E-state index contributed by atoms with van der Waals surface area (Å²) >= 11 is 0. The first-order valence-electron chi connectivity index (χ1n) is 9.83. The van der Waals surface area contributed by atoms with Crippen LogP contribution in [0.3, 0.4) is 0 Å². The molecule has 0 radical (unpaired) electrons. The van der Waals surface area contributed by atoms with E-state index in [0.717, 1.165) is 18.5 Å². The van der Waals surface area contributed by atoms with Crippen molar-refractivity contribution in [3.05, 3.63) is 60.4 Å². The van der Waals surface area contributed by atoms with Crippen LogP contribution in [-0.2, 0) is 0 Å². The Kier molecular flexibility index (Phi) is 4.84. The molecule has 1 N–H and O–H groups in total. The summed E-state index contributed by atoms with van der Waals surface area (Å²) in [5.41, 5.74) is 1.32. The lowest BCUT2D eigenvalue weighted by Gasteiger charge is -2.25. The predicted octanol–water partition coefficient (Wildman–Crippen LogP) is 2.76. The third-order valence-corrected chi connectivity index (χ3v) is 5.12. The van der Waals surface area contributed by atoms with Gasteiger partial charge in [-0.3, -0.25) is 14.8 Å². The van der Waals surface area contributed by atoms with E-state index in [9.17, 15) is 4.79 Å². The summed E-state index contributed by atoms with van der Waals surface area (Å²) < 4.78 is 11.2. The number of amides is 1. The first kappa shape index (κ1) is 18.3. The van der Waals surface area contributed by atoms with Gasteiger partial charge < -0.3 is 19.7 Å². The van der Waals surface area contributed by atoms with Crippen LogP contribution >= 0.6 is 0 Å². The zero-order chi connectivity index (χ0) is 20.3. The molecule has 0 bridgehead atoms. The van der Waals surface area contributed by atoms with Crippen molar-refractivity contribution in [2.45, 2.75) is 18.9 Å². The standard InChI is InChI=1S/C21H20N6O3/c28-21(14-3-4-17-18(10-14)30-9-8-29-17)27-7-1-2-16(27)15-11-23-13-20(25-15)26-19-12-22-5-6-24-19/h3-6,10-13,16H,1-2,7-9H2,(H,24,25,26)/t16-/m0/s1. The van der Waals surface area contributed by atoms with Crippen molar-refractivity contribution in [1.82, 2.24) is 24.8 Å². The Hall–Kier alpha value is -3.75. The van der Waals surface area contributed by atoms with E-state index >= 15 is 0 Å². The molecule has 1 aromatic carbocycles. The van der Waals surface area contributed by atoms with Crippen molar-refractivity contribution < 1.29 is 14.3 Å². The van der Waals surface area contributed by atoms with E-state index in [1.807, 2.05) is 4.90 Å². The van der Waals surface area contributed by atoms with Crippen LogP contribution < -0.4 is 14.8 Å². The summed E-state index contributed by atoms with van der Waals surface area (Å²) in [6.07, 6.45) is 9.89. The minimum Gasteiger partial charge on any atom is -0.486 e. The number of ether oxygens (including phenoxy) is 2. The highest BCUT2D eigenvalue weighted by atomic mass is 16.6. The number of aromatic nitrogens is 4. The number of nitrogens with one attached hydrogen (secondary N) is 1. The number of likely N-dealkylation sites (tertiary alicyclic amines) is 1. The van der Waals surface area contributed by atoms with E-state index < -0.39 is 0 Å². The average molecular weight is 404 g/mol. The van der Waals surface area contributed by atoms with Gasteiger partial charge in [-0.15, -0.1) is 0 Å². The zero-order valence-electron chi connectivity index (χ0n) is 16.2. The summed E-state index contributed by atoms with van der Waals surface area (Å²) in [4.78, 5) is 32.3. The number of carbonyl (C=O) groups excluding carboxylic acids is 1. The second-order valence-corrected chi connectivity index (χ2v) is 7.06. The lowest BCUT2D eigenvalue weighted by molar-refractivity contribution is 0.0731. The zero-order valence-corrected chi connectivity index (χ0v) is 16.2. The van der Waals surface area contributed by atoms with Gasteiger partial charge in [-0.2, -0.15) is 0 Å². The van der Waals surface area contributed by atoms with Gasteiger partial charge in [-0.1, -0.05) is 0 Å². The number of benzene rings is 1. The highest BCUT2D eigenvalue weighted by Gasteiger charge is 2.32. The Bertz CT molecular complexity index is 1060. The molecule has 1 saturated heterocycles. The molecule has 2 aliphatic heterocycles. The van der Waals surface area contributed by atoms with Crippen molar-refractivity contribution in [2.75, 3.05) is 25.1 Å². The predicted molar refractivity (Wildman–Crippen MR) is 108 cm³/mol. The molecule has 2 aromatic heterocycles. The van der Waals surface area contributed by atoms with Gasteiger partial charge >= 0.3 is 0 Å². The van der Waals surface area contributed by atoms with Crippen LogP contribution in [0.1, 0.15) is 34.9 Å². The molecule has 0 saturated carbocycles. The maximum absolute atomic E-state index is 13.2. The summed E-state index contributed by atoms with van der Waals surface area (Å²) in [5.74, 6) is 2.37. The highest BCUT2D eigenvalue weighted by molar-refractivity contribution is 5.95. The largest absolute Gasteiger partial charge is 0.486 e. The Labute approximate surface area is 173 Å². The molecule has 1 fully saturated rings. The van der Waals surface area contributed by atoms with Crippen LogP contribution in [0.5, 0.6) is 11.5 Å². The molecule has 0 spiro atoms. The Morgan fingerprint density at radius 1 is 1.03 bits per heavy atom. The Morgan fingerprint density at radius 2 is 1.90 bits per heavy atom. The molecular formula is C21H20N6O3. The van der Waals surface area contributed by atoms with Crippen LogP contribution in [0.25, 0.3) is 0 Å². The fourth-order valence-electron chi connectivity index (χ4n) is 3.76. The topological polar surface area (TPSA) is 102 Å². The van der Waals surface area contributed by atoms with Crippen molar-refractivity contribution in [2.24, 2.45) is 0 Å². The molecule has 9 heteroatoms. The number of rotatable bonds is 4. The fraction of sp³-hybridized carbons (Fsp3) is 0.286. The number of hydrogen-bond acceptors (Lipinski definition) is 8. The molecule has 0 unspecified atom stereocenters. The molecular weight excluding hydrogens is 384 g/mol. The quantitative estimate of drug-likeness (QED) is 0.708. The van der Waals surface area contributed by atoms with E-state index in [-0.39, 0.29) is 11.9 Å².